The first-order valence-corrected chi connectivity index (χ1v) is 8.12. The van der Waals surface area contributed by atoms with Gasteiger partial charge in [0, 0.05) is 36.2 Å². The molecule has 1 aliphatic rings. The summed E-state index contributed by atoms with van der Waals surface area (Å²) in [6.07, 6.45) is 5.42. The van der Waals surface area contributed by atoms with Crippen LogP contribution >= 0.6 is 11.3 Å². The highest BCUT2D eigenvalue weighted by Gasteiger charge is 2.20. The van der Waals surface area contributed by atoms with E-state index >= 15 is 0 Å². The van der Waals surface area contributed by atoms with Gasteiger partial charge in [-0.1, -0.05) is 29.5 Å². The maximum Gasteiger partial charge on any atom is 0.148 e. The first-order valence-electron chi connectivity index (χ1n) is 7.30. The smallest absolute Gasteiger partial charge is 0.148 e. The van der Waals surface area contributed by atoms with Gasteiger partial charge in [0.05, 0.1) is 5.52 Å². The summed E-state index contributed by atoms with van der Waals surface area (Å²) in [7, 11) is 0. The van der Waals surface area contributed by atoms with Crippen LogP contribution in [0.15, 0.2) is 36.5 Å². The molecular weight excluding hydrogens is 280 g/mol. The first-order chi connectivity index (χ1) is 10.4. The van der Waals surface area contributed by atoms with E-state index < -0.39 is 0 Å². The number of nitrogens with zero attached hydrogens (tertiary/aromatic N) is 3. The van der Waals surface area contributed by atoms with Crippen LogP contribution < -0.4 is 5.32 Å². The van der Waals surface area contributed by atoms with Gasteiger partial charge in [-0.2, -0.15) is 0 Å². The fourth-order valence-corrected chi connectivity index (χ4v) is 3.30. The number of hydrogen-bond donors (Lipinski definition) is 1. The van der Waals surface area contributed by atoms with Crippen LogP contribution in [0.3, 0.4) is 0 Å². The van der Waals surface area contributed by atoms with Gasteiger partial charge >= 0.3 is 0 Å². The third-order valence-corrected chi connectivity index (χ3v) is 4.71. The largest absolute Gasteiger partial charge is 0.314 e. The number of pyridine rings is 1. The van der Waals surface area contributed by atoms with Gasteiger partial charge in [0.1, 0.15) is 10.0 Å². The van der Waals surface area contributed by atoms with Crippen molar-refractivity contribution in [2.75, 3.05) is 6.54 Å². The molecule has 1 fully saturated rings. The van der Waals surface area contributed by atoms with E-state index in [2.05, 4.69) is 32.6 Å². The molecule has 5 heteroatoms. The summed E-state index contributed by atoms with van der Waals surface area (Å²) in [4.78, 5) is 4.40. The van der Waals surface area contributed by atoms with Gasteiger partial charge in [0.25, 0.3) is 0 Å². The standard InChI is InChI=1S/C16H16N4S/c1-3-13(12-4-2-9-18-14(12)5-1)16-20-19-15(21-16)8-10-17-11-6-7-11/h1-5,9,11,17H,6-8,10H2. The maximum absolute atomic E-state index is 4.40. The minimum absolute atomic E-state index is 0.751. The Morgan fingerprint density at radius 2 is 2.10 bits per heavy atom. The van der Waals surface area contributed by atoms with E-state index in [4.69, 9.17) is 0 Å². The summed E-state index contributed by atoms with van der Waals surface area (Å²) in [5, 5.41) is 15.4. The summed E-state index contributed by atoms with van der Waals surface area (Å²) >= 11 is 1.68. The minimum atomic E-state index is 0.751. The van der Waals surface area contributed by atoms with Gasteiger partial charge in [-0.05, 0) is 25.0 Å². The van der Waals surface area contributed by atoms with Gasteiger partial charge in [0.2, 0.25) is 0 Å². The summed E-state index contributed by atoms with van der Waals surface area (Å²) in [5.41, 5.74) is 2.13. The highest BCUT2D eigenvalue weighted by molar-refractivity contribution is 7.14. The normalized spacial score (nSPS) is 14.7. The van der Waals surface area contributed by atoms with Gasteiger partial charge in [-0.15, -0.1) is 10.2 Å². The fraction of sp³-hybridized carbons (Fsp3) is 0.312. The van der Waals surface area contributed by atoms with E-state index in [0.29, 0.717) is 0 Å². The van der Waals surface area contributed by atoms with E-state index in [0.717, 1.165) is 45.5 Å². The molecule has 0 saturated heterocycles. The Bertz CT molecular complexity index is 758. The number of hydrogen-bond acceptors (Lipinski definition) is 5. The third kappa shape index (κ3) is 2.80. The monoisotopic (exact) mass is 296 g/mol. The number of rotatable bonds is 5. The van der Waals surface area contributed by atoms with Crippen LogP contribution in [0.1, 0.15) is 17.8 Å². The second kappa shape index (κ2) is 5.50. The Morgan fingerprint density at radius 3 is 3.00 bits per heavy atom. The van der Waals surface area contributed by atoms with Gasteiger partial charge in [0.15, 0.2) is 0 Å². The molecule has 0 spiro atoms. The zero-order valence-electron chi connectivity index (χ0n) is 11.6. The topological polar surface area (TPSA) is 50.7 Å². The predicted molar refractivity (Wildman–Crippen MR) is 85.4 cm³/mol. The molecule has 0 aliphatic heterocycles. The second-order valence-corrected chi connectivity index (χ2v) is 6.42. The molecule has 0 atom stereocenters. The summed E-state index contributed by atoms with van der Waals surface area (Å²) in [6, 6.07) is 11.0. The second-order valence-electron chi connectivity index (χ2n) is 5.36. The van der Waals surface area contributed by atoms with Crippen molar-refractivity contribution in [2.24, 2.45) is 0 Å². The Labute approximate surface area is 127 Å². The molecular formula is C16H16N4S. The van der Waals surface area contributed by atoms with Gasteiger partial charge in [-0.25, -0.2) is 0 Å². The quantitative estimate of drug-likeness (QED) is 0.786. The number of nitrogens with one attached hydrogen (secondary N) is 1. The van der Waals surface area contributed by atoms with Crippen molar-refractivity contribution >= 4 is 22.2 Å². The van der Waals surface area contributed by atoms with Gasteiger partial charge in [-0.3, -0.25) is 4.98 Å². The Hall–Kier alpha value is -1.85. The molecule has 3 aromatic rings. The van der Waals surface area contributed by atoms with Crippen molar-refractivity contribution in [3.05, 3.63) is 41.5 Å². The third-order valence-electron chi connectivity index (χ3n) is 3.69. The maximum atomic E-state index is 4.40. The number of fused-ring (bicyclic) bond motifs is 1. The van der Waals surface area contributed by atoms with Crippen LogP contribution in [0.5, 0.6) is 0 Å². The Kier molecular flexibility index (Phi) is 3.37. The number of aromatic nitrogens is 3. The van der Waals surface area contributed by atoms with Crippen LogP contribution in [0.2, 0.25) is 0 Å². The SMILES string of the molecule is c1cc(-c2nnc(CCNC3CC3)s2)c2cccnc2c1. The van der Waals surface area contributed by atoms with Crippen molar-refractivity contribution in [3.8, 4) is 10.6 Å². The summed E-state index contributed by atoms with van der Waals surface area (Å²) < 4.78 is 0. The highest BCUT2D eigenvalue weighted by atomic mass is 32.1. The fourth-order valence-electron chi connectivity index (χ4n) is 2.42. The number of benzene rings is 1. The average molecular weight is 296 g/mol. The molecule has 2 heterocycles. The minimum Gasteiger partial charge on any atom is -0.314 e. The zero-order valence-corrected chi connectivity index (χ0v) is 12.4. The molecule has 4 nitrogen and oxygen atoms in total. The van der Waals surface area contributed by atoms with Crippen molar-refractivity contribution in [2.45, 2.75) is 25.3 Å². The lowest BCUT2D eigenvalue weighted by atomic mass is 10.1. The highest BCUT2D eigenvalue weighted by Crippen LogP contribution is 2.30. The van der Waals surface area contributed by atoms with Crippen molar-refractivity contribution < 1.29 is 0 Å². The molecule has 1 saturated carbocycles. The summed E-state index contributed by atoms with van der Waals surface area (Å²) in [6.45, 7) is 0.996. The zero-order chi connectivity index (χ0) is 14.1. The van der Waals surface area contributed by atoms with Crippen LogP contribution in [0, 0.1) is 0 Å². The molecule has 21 heavy (non-hydrogen) atoms. The van der Waals surface area contributed by atoms with E-state index in [-0.39, 0.29) is 0 Å². The van der Waals surface area contributed by atoms with E-state index in [1.165, 1.54) is 12.8 Å². The van der Waals surface area contributed by atoms with E-state index in [1.807, 2.05) is 24.4 Å². The molecule has 4 rings (SSSR count). The Balaban J connectivity index is 1.58. The van der Waals surface area contributed by atoms with E-state index in [9.17, 15) is 0 Å². The molecule has 1 aromatic carbocycles. The molecule has 2 aromatic heterocycles. The molecule has 0 unspecified atom stereocenters. The predicted octanol–water partition coefficient (Wildman–Crippen LogP) is 3.05. The molecule has 0 radical (unpaired) electrons. The molecule has 1 aliphatic carbocycles. The van der Waals surface area contributed by atoms with Crippen LogP contribution in [-0.2, 0) is 6.42 Å². The van der Waals surface area contributed by atoms with Crippen molar-refractivity contribution in [1.82, 2.24) is 20.5 Å². The van der Waals surface area contributed by atoms with Crippen molar-refractivity contribution in [3.63, 3.8) is 0 Å². The van der Waals surface area contributed by atoms with Gasteiger partial charge < -0.3 is 5.32 Å². The lowest BCUT2D eigenvalue weighted by Gasteiger charge is -2.01. The molecule has 106 valence electrons. The van der Waals surface area contributed by atoms with Crippen molar-refractivity contribution in [1.29, 1.82) is 0 Å². The molecule has 1 N–H and O–H groups in total. The van der Waals surface area contributed by atoms with E-state index in [1.54, 1.807) is 11.3 Å². The average Bonchev–Trinajstić information content (AvgIpc) is 3.23. The van der Waals surface area contributed by atoms with Crippen LogP contribution in [0.25, 0.3) is 21.5 Å². The Morgan fingerprint density at radius 1 is 1.14 bits per heavy atom. The lowest BCUT2D eigenvalue weighted by molar-refractivity contribution is 0.677. The first kappa shape index (κ1) is 12.9. The van der Waals surface area contributed by atoms with Crippen LogP contribution in [-0.4, -0.2) is 27.8 Å². The summed E-state index contributed by atoms with van der Waals surface area (Å²) in [5.74, 6) is 0. The van der Waals surface area contributed by atoms with Crippen LogP contribution in [0.4, 0.5) is 0 Å². The molecule has 0 bridgehead atoms. The lowest BCUT2D eigenvalue weighted by Crippen LogP contribution is -2.19. The molecule has 0 amide bonds.